The lowest BCUT2D eigenvalue weighted by Gasteiger charge is -2.03. The molecule has 0 N–H and O–H groups in total. The molecule has 0 aliphatic heterocycles. The summed E-state index contributed by atoms with van der Waals surface area (Å²) in [4.78, 5) is 1.99. The van der Waals surface area contributed by atoms with E-state index in [1.165, 1.54) is 31.3 Å². The SMILES string of the molecule is C/C=C\C(=C/Br)c1cccc2c1sc1ccccc12.CC.S. The van der Waals surface area contributed by atoms with Crippen LogP contribution in [0.5, 0.6) is 0 Å². The molecule has 2 aromatic carbocycles. The van der Waals surface area contributed by atoms with Crippen molar-refractivity contribution in [3.8, 4) is 0 Å². The highest BCUT2D eigenvalue weighted by molar-refractivity contribution is 9.11. The summed E-state index contributed by atoms with van der Waals surface area (Å²) in [5, 5.41) is 2.69. The van der Waals surface area contributed by atoms with E-state index in [9.17, 15) is 0 Å². The molecule has 3 heteroatoms. The molecule has 3 aromatic rings. The van der Waals surface area contributed by atoms with E-state index in [1.807, 2.05) is 37.1 Å². The molecule has 3 rings (SSSR count). The van der Waals surface area contributed by atoms with Crippen LogP contribution in [0, 0.1) is 0 Å². The molecule has 0 aliphatic rings. The number of fused-ring (bicyclic) bond motifs is 3. The molecule has 0 saturated heterocycles. The lowest BCUT2D eigenvalue weighted by molar-refractivity contribution is 1.50. The van der Waals surface area contributed by atoms with Gasteiger partial charge in [-0.3, -0.25) is 0 Å². The van der Waals surface area contributed by atoms with Crippen LogP contribution in [0.4, 0.5) is 0 Å². The van der Waals surface area contributed by atoms with Gasteiger partial charge in [-0.1, -0.05) is 78.3 Å². The van der Waals surface area contributed by atoms with Gasteiger partial charge in [-0.2, -0.15) is 13.5 Å². The number of halogens is 1. The predicted octanol–water partition coefficient (Wildman–Crippen LogP) is 7.51. The van der Waals surface area contributed by atoms with Crippen molar-refractivity contribution >= 4 is 66.5 Å². The summed E-state index contributed by atoms with van der Waals surface area (Å²) in [6.45, 7) is 6.04. The second kappa shape index (κ2) is 9.19. The third-order valence-electron chi connectivity index (χ3n) is 3.18. The molecule has 22 heavy (non-hydrogen) atoms. The van der Waals surface area contributed by atoms with Crippen LogP contribution in [0.2, 0.25) is 0 Å². The fraction of sp³-hybridized carbons (Fsp3) is 0.158. The van der Waals surface area contributed by atoms with Gasteiger partial charge in [0.15, 0.2) is 0 Å². The number of allylic oxidation sites excluding steroid dienone is 3. The molecule has 0 amide bonds. The van der Waals surface area contributed by atoms with Crippen molar-refractivity contribution < 1.29 is 0 Å². The molecule has 0 spiro atoms. The Bertz CT molecular complexity index is 797. The average Bonchev–Trinajstić information content (AvgIpc) is 2.93. The molecular weight excluding hydrogens is 372 g/mol. The van der Waals surface area contributed by atoms with Crippen molar-refractivity contribution in [2.75, 3.05) is 0 Å². The van der Waals surface area contributed by atoms with Crippen LogP contribution >= 0.6 is 40.8 Å². The van der Waals surface area contributed by atoms with Gasteiger partial charge in [0.05, 0.1) is 0 Å². The normalized spacial score (nSPS) is 11.4. The van der Waals surface area contributed by atoms with E-state index in [2.05, 4.69) is 70.5 Å². The Morgan fingerprint density at radius 2 is 1.68 bits per heavy atom. The Balaban J connectivity index is 0.000000775. The molecule has 0 unspecified atom stereocenters. The maximum atomic E-state index is 3.47. The molecule has 1 aromatic heterocycles. The average molecular weight is 393 g/mol. The zero-order chi connectivity index (χ0) is 15.2. The Kier molecular flexibility index (Phi) is 7.94. The van der Waals surface area contributed by atoms with Crippen LogP contribution < -0.4 is 0 Å². The zero-order valence-corrected chi connectivity index (χ0v) is 16.5. The van der Waals surface area contributed by atoms with Gasteiger partial charge in [0.25, 0.3) is 0 Å². The number of rotatable bonds is 2. The van der Waals surface area contributed by atoms with Gasteiger partial charge in [-0.05, 0) is 23.5 Å². The summed E-state index contributed by atoms with van der Waals surface area (Å²) in [5.74, 6) is 0. The molecule has 0 saturated carbocycles. The molecule has 1 heterocycles. The van der Waals surface area contributed by atoms with Crippen LogP contribution in [0.25, 0.3) is 25.7 Å². The molecule has 0 radical (unpaired) electrons. The largest absolute Gasteiger partial charge is 0.197 e. The Morgan fingerprint density at radius 3 is 2.36 bits per heavy atom. The molecule has 0 bridgehead atoms. The van der Waals surface area contributed by atoms with Gasteiger partial charge in [0.2, 0.25) is 0 Å². The summed E-state index contributed by atoms with van der Waals surface area (Å²) in [6.07, 6.45) is 4.20. The van der Waals surface area contributed by atoms with Gasteiger partial charge in [-0.25, -0.2) is 0 Å². The number of hydrogen-bond acceptors (Lipinski definition) is 1. The minimum absolute atomic E-state index is 0. The molecule has 116 valence electrons. The monoisotopic (exact) mass is 392 g/mol. The van der Waals surface area contributed by atoms with Crippen LogP contribution in [-0.2, 0) is 0 Å². The summed E-state index contributed by atoms with van der Waals surface area (Å²) >= 11 is 5.34. The third-order valence-corrected chi connectivity index (χ3v) is 4.89. The van der Waals surface area contributed by atoms with Crippen LogP contribution in [0.3, 0.4) is 0 Å². The van der Waals surface area contributed by atoms with E-state index in [0.717, 1.165) is 0 Å². The Labute approximate surface area is 152 Å². The summed E-state index contributed by atoms with van der Waals surface area (Å²) in [7, 11) is 0. The zero-order valence-electron chi connectivity index (χ0n) is 13.1. The first-order valence-electron chi connectivity index (χ1n) is 7.19. The second-order valence-electron chi connectivity index (χ2n) is 4.34. The van der Waals surface area contributed by atoms with Crippen molar-refractivity contribution in [2.24, 2.45) is 0 Å². The number of benzene rings is 2. The summed E-state index contributed by atoms with van der Waals surface area (Å²) in [5.41, 5.74) is 2.49. The molecule has 0 nitrogen and oxygen atoms in total. The minimum Gasteiger partial charge on any atom is -0.197 e. The van der Waals surface area contributed by atoms with Crippen molar-refractivity contribution in [3.63, 3.8) is 0 Å². The fourth-order valence-electron chi connectivity index (χ4n) is 2.34. The molecular formula is C19H21BrS2. The van der Waals surface area contributed by atoms with E-state index >= 15 is 0 Å². The van der Waals surface area contributed by atoms with E-state index in [0.29, 0.717) is 0 Å². The maximum Gasteiger partial charge on any atom is 0.0433 e. The van der Waals surface area contributed by atoms with Crippen LogP contribution in [0.15, 0.2) is 59.6 Å². The van der Waals surface area contributed by atoms with E-state index in [-0.39, 0.29) is 13.5 Å². The van der Waals surface area contributed by atoms with Gasteiger partial charge >= 0.3 is 0 Å². The first-order chi connectivity index (χ1) is 10.3. The highest BCUT2D eigenvalue weighted by Crippen LogP contribution is 2.38. The summed E-state index contributed by atoms with van der Waals surface area (Å²) < 4.78 is 2.70. The lowest BCUT2D eigenvalue weighted by Crippen LogP contribution is -1.79. The van der Waals surface area contributed by atoms with E-state index in [4.69, 9.17) is 0 Å². The predicted molar refractivity (Wildman–Crippen MR) is 113 cm³/mol. The van der Waals surface area contributed by atoms with Crippen LogP contribution in [-0.4, -0.2) is 0 Å². The van der Waals surface area contributed by atoms with E-state index < -0.39 is 0 Å². The van der Waals surface area contributed by atoms with Gasteiger partial charge < -0.3 is 0 Å². The highest BCUT2D eigenvalue weighted by Gasteiger charge is 2.09. The third kappa shape index (κ3) is 3.65. The first kappa shape index (κ1) is 19.0. The standard InChI is InChI=1S/C17H13BrS.C2H6.H2S/c1-2-6-12(11-18)13-8-5-9-15-14-7-3-4-10-16(14)19-17(13)15;1-2;/h2-11H,1H3;1-2H3;1H2/b6-2-,12-11+;;. The van der Waals surface area contributed by atoms with Crippen molar-refractivity contribution in [3.05, 3.63) is 65.2 Å². The van der Waals surface area contributed by atoms with Crippen LogP contribution in [0.1, 0.15) is 26.3 Å². The number of hydrogen-bond donors (Lipinski definition) is 0. The number of thiophene rings is 1. The Hall–Kier alpha value is -1.03. The molecule has 0 aliphatic carbocycles. The van der Waals surface area contributed by atoms with Crippen molar-refractivity contribution in [2.45, 2.75) is 20.8 Å². The Morgan fingerprint density at radius 1 is 1.00 bits per heavy atom. The lowest BCUT2D eigenvalue weighted by atomic mass is 10.0. The van der Waals surface area contributed by atoms with Gasteiger partial charge in [0, 0.05) is 25.7 Å². The molecule has 0 atom stereocenters. The van der Waals surface area contributed by atoms with Gasteiger partial charge in [0.1, 0.15) is 0 Å². The first-order valence-corrected chi connectivity index (χ1v) is 8.92. The second-order valence-corrected chi connectivity index (χ2v) is 5.85. The van der Waals surface area contributed by atoms with Crippen molar-refractivity contribution in [1.82, 2.24) is 0 Å². The summed E-state index contributed by atoms with van der Waals surface area (Å²) in [6, 6.07) is 15.1. The maximum absolute atomic E-state index is 3.47. The quantitative estimate of drug-likeness (QED) is 0.395. The minimum atomic E-state index is 0. The molecule has 0 fully saturated rings. The highest BCUT2D eigenvalue weighted by atomic mass is 79.9. The van der Waals surface area contributed by atoms with Gasteiger partial charge in [-0.15, -0.1) is 11.3 Å². The van der Waals surface area contributed by atoms with Crippen molar-refractivity contribution in [1.29, 1.82) is 0 Å². The fourth-order valence-corrected chi connectivity index (χ4v) is 3.98. The smallest absolute Gasteiger partial charge is 0.0433 e. The van der Waals surface area contributed by atoms with E-state index in [1.54, 1.807) is 0 Å². The topological polar surface area (TPSA) is 0 Å².